The van der Waals surface area contributed by atoms with Crippen molar-refractivity contribution in [2.24, 2.45) is 5.92 Å². The highest BCUT2D eigenvalue weighted by atomic mass is 19.1. The van der Waals surface area contributed by atoms with E-state index >= 15 is 0 Å². The molecule has 1 aromatic carbocycles. The summed E-state index contributed by atoms with van der Waals surface area (Å²) >= 11 is 0. The molecule has 4 rings (SSSR count). The van der Waals surface area contributed by atoms with Crippen LogP contribution in [0.25, 0.3) is 5.69 Å². The van der Waals surface area contributed by atoms with Crippen molar-refractivity contribution < 1.29 is 23.5 Å². The van der Waals surface area contributed by atoms with Gasteiger partial charge in [0.05, 0.1) is 5.69 Å². The minimum absolute atomic E-state index is 0.0757. The Balaban J connectivity index is 1.78. The number of carbonyl (C=O) groups is 2. The lowest BCUT2D eigenvalue weighted by Crippen LogP contribution is -2.50. The summed E-state index contributed by atoms with van der Waals surface area (Å²) in [6, 6.07) is 3.20. The molecule has 2 aliphatic carbocycles. The van der Waals surface area contributed by atoms with Crippen LogP contribution in [0.5, 0.6) is 0 Å². The van der Waals surface area contributed by atoms with Gasteiger partial charge in [-0.2, -0.15) is 5.10 Å². The second-order valence-electron chi connectivity index (χ2n) is 7.41. The van der Waals surface area contributed by atoms with Gasteiger partial charge in [-0.25, -0.2) is 18.3 Å². The number of carboxylic acids is 1. The van der Waals surface area contributed by atoms with Crippen molar-refractivity contribution in [3.05, 3.63) is 46.8 Å². The van der Waals surface area contributed by atoms with Gasteiger partial charge >= 0.3 is 5.97 Å². The summed E-state index contributed by atoms with van der Waals surface area (Å²) in [4.78, 5) is 23.9. The van der Waals surface area contributed by atoms with Crippen LogP contribution >= 0.6 is 0 Å². The van der Waals surface area contributed by atoms with Gasteiger partial charge in [0.1, 0.15) is 17.0 Å². The lowest BCUT2D eigenvalue weighted by Gasteiger charge is -2.20. The van der Waals surface area contributed by atoms with Crippen molar-refractivity contribution in [3.63, 3.8) is 0 Å². The third-order valence-electron chi connectivity index (χ3n) is 5.08. The Morgan fingerprint density at radius 3 is 2.73 bits per heavy atom. The molecule has 1 amide bonds. The number of aromatic nitrogens is 2. The largest absolute Gasteiger partial charge is 0.480 e. The zero-order valence-electron chi connectivity index (χ0n) is 14.2. The zero-order valence-corrected chi connectivity index (χ0v) is 14.2. The molecule has 2 N–H and O–H groups in total. The van der Waals surface area contributed by atoms with Crippen LogP contribution in [-0.4, -0.2) is 32.3 Å². The molecule has 2 atom stereocenters. The summed E-state index contributed by atoms with van der Waals surface area (Å²) in [5.41, 5.74) is 0.195. The average Bonchev–Trinajstić information content (AvgIpc) is 3.04. The van der Waals surface area contributed by atoms with Crippen LogP contribution in [0.4, 0.5) is 8.78 Å². The average molecular weight is 361 g/mol. The molecule has 0 aliphatic heterocycles. The second-order valence-corrected chi connectivity index (χ2v) is 7.41. The fourth-order valence-electron chi connectivity index (χ4n) is 3.53. The maximum Gasteiger partial charge on any atom is 0.328 e. The summed E-state index contributed by atoms with van der Waals surface area (Å²) in [5.74, 6) is -2.64. The molecule has 0 saturated heterocycles. The van der Waals surface area contributed by atoms with Gasteiger partial charge in [-0.05, 0) is 44.7 Å². The number of rotatable bonds is 4. The molecule has 2 aromatic rings. The van der Waals surface area contributed by atoms with Gasteiger partial charge in [-0.15, -0.1) is 0 Å². The van der Waals surface area contributed by atoms with Gasteiger partial charge in [0.15, 0.2) is 11.5 Å². The summed E-state index contributed by atoms with van der Waals surface area (Å²) in [7, 11) is 0. The van der Waals surface area contributed by atoms with Gasteiger partial charge in [0.2, 0.25) is 0 Å². The smallest absolute Gasteiger partial charge is 0.328 e. The van der Waals surface area contributed by atoms with Gasteiger partial charge in [-0.1, -0.05) is 0 Å². The minimum atomic E-state index is -1.46. The zero-order chi connectivity index (χ0) is 18.8. The summed E-state index contributed by atoms with van der Waals surface area (Å²) in [6.07, 6.45) is 1.60. The van der Waals surface area contributed by atoms with E-state index in [1.54, 1.807) is 0 Å². The van der Waals surface area contributed by atoms with E-state index < -0.39 is 29.0 Å². The molecule has 2 aliphatic rings. The van der Waals surface area contributed by atoms with Crippen molar-refractivity contribution in [3.8, 4) is 5.69 Å². The molecular weight excluding hydrogens is 344 g/mol. The highest BCUT2D eigenvalue weighted by Gasteiger charge is 2.50. The van der Waals surface area contributed by atoms with Crippen LogP contribution in [0.15, 0.2) is 18.2 Å². The molecule has 0 radical (unpaired) electrons. The number of aliphatic carboxylic acids is 1. The Kier molecular flexibility index (Phi) is 3.44. The van der Waals surface area contributed by atoms with Crippen LogP contribution in [0, 0.1) is 17.6 Å². The molecule has 136 valence electrons. The van der Waals surface area contributed by atoms with E-state index in [0.29, 0.717) is 17.9 Å². The Hall–Kier alpha value is -2.77. The van der Waals surface area contributed by atoms with Crippen molar-refractivity contribution in [2.75, 3.05) is 0 Å². The van der Waals surface area contributed by atoms with Gasteiger partial charge in [-0.3, -0.25) is 4.79 Å². The summed E-state index contributed by atoms with van der Waals surface area (Å²) in [5, 5.41) is 15.9. The topological polar surface area (TPSA) is 84.2 Å². The standard InChI is InChI=1S/C18H17F2N3O3/c1-18(2,17(25)26)21-16(24)14-11-6-8-5-10(8)15(11)23(22-14)13-4-3-9(19)7-12(13)20/h3-4,7-8,10H,5-6H2,1-2H3,(H,21,24)(H,25,26)/t8-,10-/m1/s1. The summed E-state index contributed by atoms with van der Waals surface area (Å²) in [6.45, 7) is 2.75. The molecule has 0 spiro atoms. The monoisotopic (exact) mass is 361 g/mol. The fourth-order valence-corrected chi connectivity index (χ4v) is 3.53. The highest BCUT2D eigenvalue weighted by molar-refractivity contribution is 5.97. The third kappa shape index (κ3) is 2.48. The Morgan fingerprint density at radius 1 is 1.35 bits per heavy atom. The Labute approximate surface area is 147 Å². The normalized spacial score (nSPS) is 20.5. The molecule has 1 aromatic heterocycles. The molecule has 1 saturated carbocycles. The Morgan fingerprint density at radius 2 is 2.08 bits per heavy atom. The third-order valence-corrected chi connectivity index (χ3v) is 5.08. The van der Waals surface area contributed by atoms with E-state index in [1.165, 1.54) is 24.6 Å². The van der Waals surface area contributed by atoms with Crippen molar-refractivity contribution in [2.45, 2.75) is 38.1 Å². The number of hydrogen-bond donors (Lipinski definition) is 2. The van der Waals surface area contributed by atoms with E-state index in [4.69, 9.17) is 0 Å². The quantitative estimate of drug-likeness (QED) is 0.876. The molecule has 0 unspecified atom stereocenters. The predicted octanol–water partition coefficient (Wildman–Crippen LogP) is 2.40. The van der Waals surface area contributed by atoms with E-state index in [2.05, 4.69) is 10.4 Å². The number of halogens is 2. The Bertz CT molecular complexity index is 951. The first-order valence-corrected chi connectivity index (χ1v) is 8.32. The van der Waals surface area contributed by atoms with Crippen LogP contribution in [0.1, 0.15) is 47.9 Å². The van der Waals surface area contributed by atoms with Crippen molar-refractivity contribution >= 4 is 11.9 Å². The number of fused-ring (bicyclic) bond motifs is 3. The number of amides is 1. The molecule has 1 heterocycles. The number of nitrogens with one attached hydrogen (secondary N) is 1. The number of hydrogen-bond acceptors (Lipinski definition) is 3. The molecule has 26 heavy (non-hydrogen) atoms. The van der Waals surface area contributed by atoms with E-state index in [9.17, 15) is 23.5 Å². The lowest BCUT2D eigenvalue weighted by atomic mass is 10.0. The highest BCUT2D eigenvalue weighted by Crippen LogP contribution is 2.57. The van der Waals surface area contributed by atoms with E-state index in [1.807, 2.05) is 0 Å². The fraction of sp³-hybridized carbons (Fsp3) is 0.389. The molecule has 0 bridgehead atoms. The minimum Gasteiger partial charge on any atom is -0.480 e. The van der Waals surface area contributed by atoms with Crippen LogP contribution < -0.4 is 5.32 Å². The van der Waals surface area contributed by atoms with E-state index in [-0.39, 0.29) is 17.3 Å². The van der Waals surface area contributed by atoms with Crippen molar-refractivity contribution in [1.82, 2.24) is 15.1 Å². The van der Waals surface area contributed by atoms with Crippen LogP contribution in [-0.2, 0) is 11.2 Å². The number of carbonyl (C=O) groups excluding carboxylic acids is 1. The first kappa shape index (κ1) is 16.7. The van der Waals surface area contributed by atoms with Gasteiger partial charge in [0, 0.05) is 17.5 Å². The number of nitrogens with zero attached hydrogens (tertiary/aromatic N) is 2. The molecular formula is C18H17F2N3O3. The van der Waals surface area contributed by atoms with Crippen molar-refractivity contribution in [1.29, 1.82) is 0 Å². The summed E-state index contributed by atoms with van der Waals surface area (Å²) < 4.78 is 28.8. The molecule has 6 nitrogen and oxygen atoms in total. The SMILES string of the molecule is CC(C)(NC(=O)c1nn(-c2ccc(F)cc2F)c2c1C[C@H]1C[C@@H]21)C(=O)O. The molecule has 8 heteroatoms. The lowest BCUT2D eigenvalue weighted by molar-refractivity contribution is -0.143. The maximum absolute atomic E-state index is 14.3. The van der Waals surface area contributed by atoms with Crippen LogP contribution in [0.2, 0.25) is 0 Å². The number of benzene rings is 1. The second kappa shape index (κ2) is 5.36. The van der Waals surface area contributed by atoms with E-state index in [0.717, 1.165) is 24.2 Å². The number of carboxylic acid groups (broad SMARTS) is 1. The first-order chi connectivity index (χ1) is 12.2. The van der Waals surface area contributed by atoms with Gasteiger partial charge in [0.25, 0.3) is 5.91 Å². The molecule has 1 fully saturated rings. The predicted molar refractivity (Wildman–Crippen MR) is 87.2 cm³/mol. The van der Waals surface area contributed by atoms with Gasteiger partial charge < -0.3 is 10.4 Å². The first-order valence-electron chi connectivity index (χ1n) is 8.32. The maximum atomic E-state index is 14.3. The van der Waals surface area contributed by atoms with Crippen LogP contribution in [0.3, 0.4) is 0 Å².